The summed E-state index contributed by atoms with van der Waals surface area (Å²) in [7, 11) is 0. The minimum absolute atomic E-state index is 0.133. The highest BCUT2D eigenvalue weighted by atomic mass is 19.4. The SMILES string of the molecule is CCCNC(CCN1CCCC(C(F)(F)F)C1)C(C)(C)C. The third-order valence-corrected chi connectivity index (χ3v) is 4.39. The monoisotopic (exact) mass is 308 g/mol. The Labute approximate surface area is 127 Å². The Hall–Kier alpha value is -0.290. The molecule has 1 rings (SSSR count). The summed E-state index contributed by atoms with van der Waals surface area (Å²) in [6, 6.07) is 0.351. The van der Waals surface area contributed by atoms with Gasteiger partial charge < -0.3 is 10.2 Å². The van der Waals surface area contributed by atoms with Gasteiger partial charge in [-0.2, -0.15) is 13.2 Å². The van der Waals surface area contributed by atoms with Crippen molar-refractivity contribution >= 4 is 0 Å². The first-order valence-electron chi connectivity index (χ1n) is 8.17. The average molecular weight is 308 g/mol. The topological polar surface area (TPSA) is 15.3 Å². The Balaban J connectivity index is 2.48. The molecule has 1 fully saturated rings. The van der Waals surface area contributed by atoms with E-state index in [1.165, 1.54) is 0 Å². The highest BCUT2D eigenvalue weighted by Crippen LogP contribution is 2.33. The molecule has 0 spiro atoms. The van der Waals surface area contributed by atoms with E-state index in [-0.39, 0.29) is 18.4 Å². The second-order valence-corrected chi connectivity index (χ2v) is 7.34. The first-order chi connectivity index (χ1) is 9.64. The van der Waals surface area contributed by atoms with Crippen LogP contribution in [0.2, 0.25) is 0 Å². The normalized spacial score (nSPS) is 23.3. The maximum Gasteiger partial charge on any atom is 0.393 e. The van der Waals surface area contributed by atoms with Crippen molar-refractivity contribution in [2.24, 2.45) is 11.3 Å². The van der Waals surface area contributed by atoms with Gasteiger partial charge in [0.25, 0.3) is 0 Å². The van der Waals surface area contributed by atoms with Gasteiger partial charge in [0.15, 0.2) is 0 Å². The molecule has 1 N–H and O–H groups in total. The smallest absolute Gasteiger partial charge is 0.313 e. The van der Waals surface area contributed by atoms with Crippen LogP contribution in [0.1, 0.15) is 53.4 Å². The van der Waals surface area contributed by atoms with Gasteiger partial charge in [-0.1, -0.05) is 27.7 Å². The van der Waals surface area contributed by atoms with Crippen molar-refractivity contribution in [3.8, 4) is 0 Å². The summed E-state index contributed by atoms with van der Waals surface area (Å²) in [5.41, 5.74) is 0.133. The summed E-state index contributed by atoms with van der Waals surface area (Å²) < 4.78 is 38.5. The molecule has 0 aliphatic carbocycles. The van der Waals surface area contributed by atoms with Crippen LogP contribution < -0.4 is 5.32 Å². The lowest BCUT2D eigenvalue weighted by Gasteiger charge is -2.37. The predicted octanol–water partition coefficient (Wildman–Crippen LogP) is 4.07. The van der Waals surface area contributed by atoms with Gasteiger partial charge in [0.2, 0.25) is 0 Å². The molecule has 0 saturated carbocycles. The van der Waals surface area contributed by atoms with Gasteiger partial charge >= 0.3 is 6.18 Å². The molecular formula is C16H31F3N2. The van der Waals surface area contributed by atoms with Crippen LogP contribution in [0.25, 0.3) is 0 Å². The zero-order valence-corrected chi connectivity index (χ0v) is 13.9. The second-order valence-electron chi connectivity index (χ2n) is 7.34. The highest BCUT2D eigenvalue weighted by molar-refractivity contribution is 4.83. The molecule has 2 unspecified atom stereocenters. The number of rotatable bonds is 6. The van der Waals surface area contributed by atoms with Crippen LogP contribution in [-0.4, -0.2) is 43.3 Å². The summed E-state index contributed by atoms with van der Waals surface area (Å²) in [5, 5.41) is 3.54. The van der Waals surface area contributed by atoms with Gasteiger partial charge in [0.1, 0.15) is 0 Å². The van der Waals surface area contributed by atoms with Crippen molar-refractivity contribution in [2.75, 3.05) is 26.2 Å². The summed E-state index contributed by atoms with van der Waals surface area (Å²) in [6.45, 7) is 11.4. The minimum atomic E-state index is -4.04. The van der Waals surface area contributed by atoms with Crippen molar-refractivity contribution in [1.29, 1.82) is 0 Å². The number of likely N-dealkylation sites (tertiary alicyclic amines) is 1. The number of alkyl halides is 3. The lowest BCUT2D eigenvalue weighted by Crippen LogP contribution is -2.46. The molecule has 0 bridgehead atoms. The van der Waals surface area contributed by atoms with E-state index in [2.05, 4.69) is 33.0 Å². The van der Waals surface area contributed by atoms with E-state index in [0.29, 0.717) is 12.5 Å². The molecule has 126 valence electrons. The number of hydrogen-bond acceptors (Lipinski definition) is 2. The van der Waals surface area contributed by atoms with Gasteiger partial charge in [0, 0.05) is 12.6 Å². The lowest BCUT2D eigenvalue weighted by atomic mass is 9.84. The summed E-state index contributed by atoms with van der Waals surface area (Å²) in [5.74, 6) is -1.14. The molecule has 0 amide bonds. The van der Waals surface area contributed by atoms with Crippen LogP contribution in [0.5, 0.6) is 0 Å². The summed E-state index contributed by atoms with van der Waals surface area (Å²) in [4.78, 5) is 1.99. The van der Waals surface area contributed by atoms with Crippen molar-refractivity contribution in [3.05, 3.63) is 0 Å². The maximum atomic E-state index is 12.8. The number of halogens is 3. The zero-order chi connectivity index (χ0) is 16.1. The van der Waals surface area contributed by atoms with E-state index in [4.69, 9.17) is 0 Å². The van der Waals surface area contributed by atoms with Crippen molar-refractivity contribution in [1.82, 2.24) is 10.2 Å². The third kappa shape index (κ3) is 6.55. The lowest BCUT2D eigenvalue weighted by molar-refractivity contribution is -0.186. The molecule has 0 aromatic heterocycles. The first kappa shape index (κ1) is 18.8. The standard InChI is InChI=1S/C16H31F3N2/c1-5-9-20-14(15(2,3)4)8-11-21-10-6-7-13(12-21)16(17,18)19/h13-14,20H,5-12H2,1-4H3. The van der Waals surface area contributed by atoms with Crippen LogP contribution in [0.15, 0.2) is 0 Å². The fraction of sp³-hybridized carbons (Fsp3) is 1.00. The number of nitrogens with one attached hydrogen (secondary N) is 1. The average Bonchev–Trinajstić information content (AvgIpc) is 2.36. The Bertz CT molecular complexity index is 297. The molecule has 0 aromatic rings. The Morgan fingerprint density at radius 3 is 2.43 bits per heavy atom. The molecule has 0 aromatic carbocycles. The van der Waals surface area contributed by atoms with Gasteiger partial charge in [-0.3, -0.25) is 0 Å². The van der Waals surface area contributed by atoms with Crippen molar-refractivity contribution in [2.45, 2.75) is 65.6 Å². The molecule has 2 atom stereocenters. The fourth-order valence-corrected chi connectivity index (χ4v) is 3.00. The minimum Gasteiger partial charge on any atom is -0.313 e. The van der Waals surface area contributed by atoms with Crippen LogP contribution in [-0.2, 0) is 0 Å². The highest BCUT2D eigenvalue weighted by Gasteiger charge is 2.41. The van der Waals surface area contributed by atoms with Crippen LogP contribution in [0.3, 0.4) is 0 Å². The quantitative estimate of drug-likeness (QED) is 0.796. The molecule has 2 nitrogen and oxygen atoms in total. The van der Waals surface area contributed by atoms with Crippen LogP contribution in [0.4, 0.5) is 13.2 Å². The number of piperidine rings is 1. The summed E-state index contributed by atoms with van der Waals surface area (Å²) in [6.07, 6.45) is -1.10. The van der Waals surface area contributed by atoms with E-state index >= 15 is 0 Å². The van der Waals surface area contributed by atoms with E-state index in [0.717, 1.165) is 32.5 Å². The molecule has 1 saturated heterocycles. The number of nitrogens with zero attached hydrogens (tertiary/aromatic N) is 1. The molecule has 1 aliphatic heterocycles. The molecule has 5 heteroatoms. The Kier molecular flexibility index (Phi) is 6.98. The van der Waals surface area contributed by atoms with Gasteiger partial charge in [-0.15, -0.1) is 0 Å². The summed E-state index contributed by atoms with van der Waals surface area (Å²) >= 11 is 0. The van der Waals surface area contributed by atoms with E-state index in [1.807, 2.05) is 4.90 Å². The first-order valence-corrected chi connectivity index (χ1v) is 8.17. The van der Waals surface area contributed by atoms with E-state index < -0.39 is 12.1 Å². The third-order valence-electron chi connectivity index (χ3n) is 4.39. The van der Waals surface area contributed by atoms with Crippen LogP contribution in [0, 0.1) is 11.3 Å². The molecular weight excluding hydrogens is 277 g/mol. The Morgan fingerprint density at radius 1 is 1.24 bits per heavy atom. The molecule has 21 heavy (non-hydrogen) atoms. The van der Waals surface area contributed by atoms with Gasteiger partial charge in [0.05, 0.1) is 5.92 Å². The molecule has 1 aliphatic rings. The second kappa shape index (κ2) is 7.82. The zero-order valence-electron chi connectivity index (χ0n) is 13.9. The van der Waals surface area contributed by atoms with E-state index in [1.54, 1.807) is 0 Å². The van der Waals surface area contributed by atoms with E-state index in [9.17, 15) is 13.2 Å². The van der Waals surface area contributed by atoms with Gasteiger partial charge in [-0.25, -0.2) is 0 Å². The Morgan fingerprint density at radius 2 is 1.90 bits per heavy atom. The van der Waals surface area contributed by atoms with Crippen LogP contribution >= 0.6 is 0 Å². The van der Waals surface area contributed by atoms with Crippen molar-refractivity contribution < 1.29 is 13.2 Å². The largest absolute Gasteiger partial charge is 0.393 e. The maximum absolute atomic E-state index is 12.8. The van der Waals surface area contributed by atoms with Gasteiger partial charge in [-0.05, 0) is 50.7 Å². The number of hydrogen-bond donors (Lipinski definition) is 1. The molecule has 1 heterocycles. The fourth-order valence-electron chi connectivity index (χ4n) is 3.00. The van der Waals surface area contributed by atoms with Crippen molar-refractivity contribution in [3.63, 3.8) is 0 Å². The predicted molar refractivity (Wildman–Crippen MR) is 81.4 cm³/mol. The molecule has 0 radical (unpaired) electrons.